The second kappa shape index (κ2) is 13.8. The molecule has 2 nitrogen and oxygen atoms in total. The highest BCUT2D eigenvalue weighted by molar-refractivity contribution is 5.97. The number of carbonyl (C=O) groups is 1. The number of Topliss-reactive ketones (excluding diaryl/α,β-unsaturated/α-hetero) is 1. The normalized spacial score (nSPS) is 25.1. The molecule has 2 aliphatic rings. The maximum Gasteiger partial charge on any atom is 0.420 e. The third-order valence-electron chi connectivity index (χ3n) is 8.65. The number of ketones is 1. The number of rotatable bonds is 12. The van der Waals surface area contributed by atoms with Crippen molar-refractivity contribution in [1.29, 1.82) is 0 Å². The number of hydrogen-bond donors (Lipinski definition) is 0. The number of alkyl halides is 3. The van der Waals surface area contributed by atoms with E-state index in [4.69, 9.17) is 4.74 Å². The first-order valence-electron chi connectivity index (χ1n) is 14.3. The third kappa shape index (κ3) is 7.95. The van der Waals surface area contributed by atoms with Gasteiger partial charge < -0.3 is 4.74 Å². The standard InChI is InChI=1S/C30H44F4O2/c1-3-8-21-11-15-23(16-12-21)24-17-13-22(14-18-24)9-6-5-7-10-26(35)25-19-20-27(36-4-2)29(31)28(25)30(32,33)34/h19-24H,3-18H2,1-2H3. The molecule has 2 saturated carbocycles. The SMILES string of the molecule is CCCC1CCC(C2CCC(CCCCCC(=O)c3ccc(OCC)c(F)c3C(F)(F)F)CC2)CC1. The van der Waals surface area contributed by atoms with Crippen LogP contribution in [0.15, 0.2) is 12.1 Å². The van der Waals surface area contributed by atoms with Crippen LogP contribution in [0.2, 0.25) is 0 Å². The van der Waals surface area contributed by atoms with E-state index in [9.17, 15) is 22.4 Å². The lowest BCUT2D eigenvalue weighted by Crippen LogP contribution is -2.25. The fraction of sp³-hybridized carbons (Fsp3) is 0.767. The Hall–Kier alpha value is -1.59. The average molecular weight is 513 g/mol. The molecule has 0 spiro atoms. The molecular weight excluding hydrogens is 468 g/mol. The van der Waals surface area contributed by atoms with Crippen molar-refractivity contribution in [1.82, 2.24) is 0 Å². The molecule has 0 saturated heterocycles. The summed E-state index contributed by atoms with van der Waals surface area (Å²) < 4.78 is 59.8. The minimum atomic E-state index is -4.95. The first-order chi connectivity index (χ1) is 17.2. The van der Waals surface area contributed by atoms with Gasteiger partial charge in [0.2, 0.25) is 0 Å². The van der Waals surface area contributed by atoms with E-state index in [-0.39, 0.29) is 13.0 Å². The van der Waals surface area contributed by atoms with Crippen LogP contribution in [0.1, 0.15) is 126 Å². The van der Waals surface area contributed by atoms with Crippen molar-refractivity contribution in [3.8, 4) is 5.75 Å². The molecule has 0 bridgehead atoms. The van der Waals surface area contributed by atoms with Crippen molar-refractivity contribution in [3.05, 3.63) is 29.1 Å². The summed E-state index contributed by atoms with van der Waals surface area (Å²) in [5.74, 6) is 0.907. The number of carbonyl (C=O) groups excluding carboxylic acids is 1. The van der Waals surface area contributed by atoms with Crippen LogP contribution < -0.4 is 4.74 Å². The Morgan fingerprint density at radius 1 is 0.861 bits per heavy atom. The summed E-state index contributed by atoms with van der Waals surface area (Å²) in [6.07, 6.45) is 12.2. The predicted octanol–water partition coefficient (Wildman–Crippen LogP) is 9.79. The Morgan fingerprint density at radius 3 is 1.97 bits per heavy atom. The van der Waals surface area contributed by atoms with Gasteiger partial charge in [-0.2, -0.15) is 13.2 Å². The number of hydrogen-bond acceptors (Lipinski definition) is 2. The molecule has 204 valence electrons. The predicted molar refractivity (Wildman–Crippen MR) is 136 cm³/mol. The topological polar surface area (TPSA) is 26.3 Å². The van der Waals surface area contributed by atoms with Gasteiger partial charge in [-0.1, -0.05) is 64.7 Å². The molecule has 2 fully saturated rings. The summed E-state index contributed by atoms with van der Waals surface area (Å²) in [4.78, 5) is 12.5. The van der Waals surface area contributed by atoms with Crippen molar-refractivity contribution in [2.75, 3.05) is 6.61 Å². The van der Waals surface area contributed by atoms with E-state index in [0.29, 0.717) is 6.42 Å². The molecule has 0 heterocycles. The first-order valence-corrected chi connectivity index (χ1v) is 14.3. The van der Waals surface area contributed by atoms with Gasteiger partial charge in [-0.05, 0) is 74.8 Å². The van der Waals surface area contributed by atoms with Gasteiger partial charge >= 0.3 is 6.18 Å². The lowest BCUT2D eigenvalue weighted by Gasteiger charge is -2.38. The van der Waals surface area contributed by atoms with Crippen LogP contribution >= 0.6 is 0 Å². The summed E-state index contributed by atoms with van der Waals surface area (Å²) in [6.45, 7) is 3.90. The summed E-state index contributed by atoms with van der Waals surface area (Å²) >= 11 is 0. The fourth-order valence-electron chi connectivity index (χ4n) is 6.67. The summed E-state index contributed by atoms with van der Waals surface area (Å²) in [5, 5.41) is 0. The van der Waals surface area contributed by atoms with Crippen LogP contribution in [0.3, 0.4) is 0 Å². The molecule has 3 rings (SSSR count). The van der Waals surface area contributed by atoms with Crippen LogP contribution in [0.5, 0.6) is 5.75 Å². The second-order valence-corrected chi connectivity index (χ2v) is 11.1. The fourth-order valence-corrected chi connectivity index (χ4v) is 6.67. The maximum atomic E-state index is 14.4. The largest absolute Gasteiger partial charge is 0.491 e. The molecule has 0 unspecified atom stereocenters. The highest BCUT2D eigenvalue weighted by atomic mass is 19.4. The zero-order valence-electron chi connectivity index (χ0n) is 22.1. The highest BCUT2D eigenvalue weighted by Crippen LogP contribution is 2.43. The van der Waals surface area contributed by atoms with E-state index >= 15 is 0 Å². The zero-order valence-corrected chi connectivity index (χ0v) is 22.1. The molecular formula is C30H44F4O2. The van der Waals surface area contributed by atoms with Gasteiger partial charge in [0.05, 0.1) is 6.61 Å². The van der Waals surface area contributed by atoms with Crippen molar-refractivity contribution in [3.63, 3.8) is 0 Å². The van der Waals surface area contributed by atoms with E-state index in [1.54, 1.807) is 6.92 Å². The summed E-state index contributed by atoms with van der Waals surface area (Å²) in [6, 6.07) is 2.17. The third-order valence-corrected chi connectivity index (χ3v) is 8.65. The quantitative estimate of drug-likeness (QED) is 0.158. The van der Waals surface area contributed by atoms with Crippen LogP contribution in [-0.2, 0) is 6.18 Å². The van der Waals surface area contributed by atoms with Crippen LogP contribution in [0.4, 0.5) is 17.6 Å². The number of unbranched alkanes of at least 4 members (excludes halogenated alkanes) is 2. The molecule has 0 amide bonds. The molecule has 0 atom stereocenters. The van der Waals surface area contributed by atoms with Crippen LogP contribution in [0, 0.1) is 29.5 Å². The number of halogens is 4. The van der Waals surface area contributed by atoms with Gasteiger partial charge in [0.25, 0.3) is 0 Å². The van der Waals surface area contributed by atoms with Crippen LogP contribution in [-0.4, -0.2) is 12.4 Å². The van der Waals surface area contributed by atoms with Gasteiger partial charge in [-0.25, -0.2) is 4.39 Å². The molecule has 2 aliphatic carbocycles. The van der Waals surface area contributed by atoms with Crippen molar-refractivity contribution in [2.24, 2.45) is 23.7 Å². The monoisotopic (exact) mass is 512 g/mol. The van der Waals surface area contributed by atoms with Crippen molar-refractivity contribution in [2.45, 2.75) is 116 Å². The van der Waals surface area contributed by atoms with Gasteiger partial charge in [-0.3, -0.25) is 4.79 Å². The lowest BCUT2D eigenvalue weighted by atomic mass is 9.68. The zero-order chi connectivity index (χ0) is 26.1. The molecule has 6 heteroatoms. The molecule has 0 radical (unpaired) electrons. The molecule has 0 aliphatic heterocycles. The van der Waals surface area contributed by atoms with Gasteiger partial charge in [0.15, 0.2) is 17.3 Å². The van der Waals surface area contributed by atoms with Crippen molar-refractivity contribution < 1.29 is 27.1 Å². The number of ether oxygens (including phenoxy) is 1. The van der Waals surface area contributed by atoms with Crippen molar-refractivity contribution >= 4 is 5.78 Å². The van der Waals surface area contributed by atoms with Gasteiger partial charge in [-0.15, -0.1) is 0 Å². The van der Waals surface area contributed by atoms with E-state index in [1.165, 1.54) is 64.2 Å². The smallest absolute Gasteiger partial charge is 0.420 e. The van der Waals surface area contributed by atoms with Gasteiger partial charge in [0, 0.05) is 12.0 Å². The Balaban J connectivity index is 1.37. The second-order valence-electron chi connectivity index (χ2n) is 11.1. The van der Waals surface area contributed by atoms with Gasteiger partial charge in [0.1, 0.15) is 5.56 Å². The van der Waals surface area contributed by atoms with E-state index in [2.05, 4.69) is 6.92 Å². The first kappa shape index (κ1) is 29.0. The Bertz CT molecular complexity index is 819. The minimum Gasteiger partial charge on any atom is -0.491 e. The summed E-state index contributed by atoms with van der Waals surface area (Å²) in [5.41, 5.74) is -2.10. The van der Waals surface area contributed by atoms with Crippen LogP contribution in [0.25, 0.3) is 0 Å². The maximum absolute atomic E-state index is 14.4. The van der Waals surface area contributed by atoms with E-state index in [0.717, 1.165) is 55.1 Å². The molecule has 36 heavy (non-hydrogen) atoms. The van der Waals surface area contributed by atoms with E-state index < -0.39 is 34.7 Å². The molecule has 0 aromatic heterocycles. The average Bonchev–Trinajstić information content (AvgIpc) is 2.85. The molecule has 0 N–H and O–H groups in total. The Labute approximate surface area is 214 Å². The molecule has 1 aromatic rings. The Kier molecular flexibility index (Phi) is 11.1. The number of benzene rings is 1. The summed E-state index contributed by atoms with van der Waals surface area (Å²) in [7, 11) is 0. The molecule has 1 aromatic carbocycles. The highest BCUT2D eigenvalue weighted by Gasteiger charge is 2.40. The van der Waals surface area contributed by atoms with E-state index in [1.807, 2.05) is 0 Å². The Morgan fingerprint density at radius 2 is 1.44 bits per heavy atom. The minimum absolute atomic E-state index is 0.00392. The lowest BCUT2D eigenvalue weighted by molar-refractivity contribution is -0.140.